The highest BCUT2D eigenvalue weighted by atomic mass is 79.9. The Morgan fingerprint density at radius 1 is 1.20 bits per heavy atom. The van der Waals surface area contributed by atoms with Crippen molar-refractivity contribution in [3.05, 3.63) is 51.8 Å². The van der Waals surface area contributed by atoms with E-state index in [0.29, 0.717) is 24.1 Å². The third-order valence-corrected chi connectivity index (χ3v) is 4.68. The van der Waals surface area contributed by atoms with E-state index in [-0.39, 0.29) is 25.0 Å². The van der Waals surface area contributed by atoms with Crippen LogP contribution < -0.4 is 0 Å². The first-order chi connectivity index (χ1) is 12.1. The topological polar surface area (TPSA) is 73.7 Å². The van der Waals surface area contributed by atoms with Crippen molar-refractivity contribution in [3.63, 3.8) is 0 Å². The quantitative estimate of drug-likeness (QED) is 0.728. The Bertz CT molecular complexity index is 776. The van der Waals surface area contributed by atoms with E-state index >= 15 is 0 Å². The van der Waals surface area contributed by atoms with Crippen molar-refractivity contribution < 1.29 is 19.1 Å². The standard InChI is InChI=1S/C17H18BrN3O4/c1-2-24-16(22)15-14(18)13-10-20(8-9-21(13)19-15)17(23)25-11-12-6-4-3-5-7-12/h3-7H,2,8-11H2,1H3. The highest BCUT2D eigenvalue weighted by Crippen LogP contribution is 2.26. The van der Waals surface area contributed by atoms with Gasteiger partial charge in [-0.2, -0.15) is 5.10 Å². The number of benzene rings is 1. The number of amides is 1. The molecule has 0 saturated carbocycles. The lowest BCUT2D eigenvalue weighted by molar-refractivity contribution is 0.0516. The molecule has 0 saturated heterocycles. The lowest BCUT2D eigenvalue weighted by Crippen LogP contribution is -2.38. The number of hydrogen-bond donors (Lipinski definition) is 0. The van der Waals surface area contributed by atoms with Gasteiger partial charge in [-0.15, -0.1) is 0 Å². The predicted molar refractivity (Wildman–Crippen MR) is 92.9 cm³/mol. The van der Waals surface area contributed by atoms with E-state index in [1.807, 2.05) is 30.3 Å². The number of ether oxygens (including phenoxy) is 2. The molecule has 1 aromatic carbocycles. The van der Waals surface area contributed by atoms with Crippen LogP contribution in [0.1, 0.15) is 28.7 Å². The highest BCUT2D eigenvalue weighted by molar-refractivity contribution is 9.10. The number of aromatic nitrogens is 2. The minimum absolute atomic E-state index is 0.227. The van der Waals surface area contributed by atoms with Crippen LogP contribution in [-0.4, -0.2) is 39.9 Å². The molecule has 2 aromatic rings. The molecule has 0 atom stereocenters. The van der Waals surface area contributed by atoms with Crippen LogP contribution >= 0.6 is 15.9 Å². The van der Waals surface area contributed by atoms with Gasteiger partial charge in [0.25, 0.3) is 0 Å². The average molecular weight is 408 g/mol. The van der Waals surface area contributed by atoms with Gasteiger partial charge in [-0.1, -0.05) is 30.3 Å². The first-order valence-electron chi connectivity index (χ1n) is 7.98. The number of halogens is 1. The molecule has 132 valence electrons. The number of carbonyl (C=O) groups is 2. The van der Waals surface area contributed by atoms with Gasteiger partial charge in [0.1, 0.15) is 6.61 Å². The van der Waals surface area contributed by atoms with Gasteiger partial charge in [-0.25, -0.2) is 9.59 Å². The molecule has 0 fully saturated rings. The lowest BCUT2D eigenvalue weighted by atomic mass is 10.2. The molecule has 0 unspecified atom stereocenters. The fraction of sp³-hybridized carbons (Fsp3) is 0.353. The Labute approximate surface area is 153 Å². The highest BCUT2D eigenvalue weighted by Gasteiger charge is 2.29. The van der Waals surface area contributed by atoms with Crippen LogP contribution in [0, 0.1) is 0 Å². The second kappa shape index (κ2) is 7.69. The number of esters is 1. The maximum absolute atomic E-state index is 12.3. The van der Waals surface area contributed by atoms with E-state index in [1.54, 1.807) is 16.5 Å². The average Bonchev–Trinajstić information content (AvgIpc) is 2.97. The van der Waals surface area contributed by atoms with Crippen molar-refractivity contribution in [2.45, 2.75) is 26.6 Å². The van der Waals surface area contributed by atoms with Gasteiger partial charge >= 0.3 is 12.1 Å². The Morgan fingerprint density at radius 2 is 1.96 bits per heavy atom. The molecule has 3 rings (SSSR count). The summed E-state index contributed by atoms with van der Waals surface area (Å²) >= 11 is 3.40. The van der Waals surface area contributed by atoms with Crippen molar-refractivity contribution in [1.82, 2.24) is 14.7 Å². The minimum atomic E-state index is -0.477. The molecule has 0 bridgehead atoms. The van der Waals surface area contributed by atoms with Gasteiger partial charge in [0.15, 0.2) is 5.69 Å². The predicted octanol–water partition coefficient (Wildman–Crippen LogP) is 2.97. The Hall–Kier alpha value is -2.35. The fourth-order valence-corrected chi connectivity index (χ4v) is 3.15. The summed E-state index contributed by atoms with van der Waals surface area (Å²) in [5.74, 6) is -0.477. The van der Waals surface area contributed by atoms with E-state index < -0.39 is 5.97 Å². The summed E-state index contributed by atoms with van der Waals surface area (Å²) in [5, 5.41) is 4.27. The van der Waals surface area contributed by atoms with Gasteiger partial charge in [0.2, 0.25) is 0 Å². The van der Waals surface area contributed by atoms with Gasteiger partial charge < -0.3 is 14.4 Å². The largest absolute Gasteiger partial charge is 0.461 e. The molecule has 2 heterocycles. The van der Waals surface area contributed by atoms with Gasteiger partial charge in [-0.3, -0.25) is 4.68 Å². The SMILES string of the molecule is CCOC(=O)c1nn2c(c1Br)CN(C(=O)OCc1ccccc1)CC2. The molecule has 1 aliphatic heterocycles. The number of fused-ring (bicyclic) bond motifs is 1. The summed E-state index contributed by atoms with van der Waals surface area (Å²) in [5.41, 5.74) is 1.92. The monoisotopic (exact) mass is 407 g/mol. The Morgan fingerprint density at radius 3 is 2.68 bits per heavy atom. The molecule has 25 heavy (non-hydrogen) atoms. The minimum Gasteiger partial charge on any atom is -0.461 e. The Balaban J connectivity index is 1.66. The molecule has 1 aromatic heterocycles. The number of hydrogen-bond acceptors (Lipinski definition) is 5. The van der Waals surface area contributed by atoms with E-state index in [0.717, 1.165) is 11.3 Å². The molecular weight excluding hydrogens is 390 g/mol. The first kappa shape index (κ1) is 17.5. The molecule has 8 heteroatoms. The molecule has 1 aliphatic rings. The summed E-state index contributed by atoms with van der Waals surface area (Å²) < 4.78 is 12.6. The van der Waals surface area contributed by atoms with Crippen molar-refractivity contribution in [1.29, 1.82) is 0 Å². The van der Waals surface area contributed by atoms with Crippen LogP contribution in [0.3, 0.4) is 0 Å². The molecule has 0 N–H and O–H groups in total. The van der Waals surface area contributed by atoms with Crippen molar-refractivity contribution in [2.75, 3.05) is 13.2 Å². The molecule has 0 aliphatic carbocycles. The van der Waals surface area contributed by atoms with Crippen LogP contribution in [0.5, 0.6) is 0 Å². The maximum atomic E-state index is 12.3. The van der Waals surface area contributed by atoms with E-state index in [1.165, 1.54) is 0 Å². The zero-order chi connectivity index (χ0) is 17.8. The van der Waals surface area contributed by atoms with Gasteiger partial charge in [0, 0.05) is 6.54 Å². The van der Waals surface area contributed by atoms with Crippen molar-refractivity contribution >= 4 is 28.0 Å². The molecule has 7 nitrogen and oxygen atoms in total. The molecule has 0 radical (unpaired) electrons. The van der Waals surface area contributed by atoms with Crippen LogP contribution in [0.15, 0.2) is 34.8 Å². The van der Waals surface area contributed by atoms with Crippen LogP contribution in [-0.2, 0) is 29.2 Å². The maximum Gasteiger partial charge on any atom is 0.410 e. The van der Waals surface area contributed by atoms with E-state index in [9.17, 15) is 9.59 Å². The van der Waals surface area contributed by atoms with Crippen LogP contribution in [0.4, 0.5) is 4.79 Å². The van der Waals surface area contributed by atoms with Crippen molar-refractivity contribution in [2.24, 2.45) is 0 Å². The second-order valence-electron chi connectivity index (χ2n) is 5.51. The smallest absolute Gasteiger partial charge is 0.410 e. The lowest BCUT2D eigenvalue weighted by Gasteiger charge is -2.27. The summed E-state index contributed by atoms with van der Waals surface area (Å²) in [4.78, 5) is 25.8. The number of rotatable bonds is 4. The summed E-state index contributed by atoms with van der Waals surface area (Å²) in [6.45, 7) is 3.54. The molecular formula is C17H18BrN3O4. The third kappa shape index (κ3) is 3.84. The van der Waals surface area contributed by atoms with Crippen LogP contribution in [0.2, 0.25) is 0 Å². The fourth-order valence-electron chi connectivity index (χ4n) is 2.58. The van der Waals surface area contributed by atoms with E-state index in [2.05, 4.69) is 21.0 Å². The van der Waals surface area contributed by atoms with Gasteiger partial charge in [-0.05, 0) is 28.4 Å². The van der Waals surface area contributed by atoms with E-state index in [4.69, 9.17) is 9.47 Å². The number of nitrogens with zero attached hydrogens (tertiary/aromatic N) is 3. The normalized spacial score (nSPS) is 13.3. The summed E-state index contributed by atoms with van der Waals surface area (Å²) in [6.07, 6.45) is -0.388. The zero-order valence-corrected chi connectivity index (χ0v) is 15.4. The van der Waals surface area contributed by atoms with Crippen LogP contribution in [0.25, 0.3) is 0 Å². The molecule has 1 amide bonds. The third-order valence-electron chi connectivity index (χ3n) is 3.85. The number of carbonyl (C=O) groups excluding carboxylic acids is 2. The first-order valence-corrected chi connectivity index (χ1v) is 8.77. The Kier molecular flexibility index (Phi) is 5.37. The second-order valence-corrected chi connectivity index (χ2v) is 6.31. The van der Waals surface area contributed by atoms with Gasteiger partial charge in [0.05, 0.1) is 29.9 Å². The zero-order valence-electron chi connectivity index (χ0n) is 13.8. The van der Waals surface area contributed by atoms with Crippen molar-refractivity contribution in [3.8, 4) is 0 Å². The summed E-state index contributed by atoms with van der Waals surface area (Å²) in [7, 11) is 0. The molecule has 0 spiro atoms. The summed E-state index contributed by atoms with van der Waals surface area (Å²) in [6, 6.07) is 9.52.